The van der Waals surface area contributed by atoms with E-state index in [4.69, 9.17) is 5.11 Å². The van der Waals surface area contributed by atoms with E-state index in [1.807, 2.05) is 0 Å². The van der Waals surface area contributed by atoms with Crippen molar-refractivity contribution < 1.29 is 27.9 Å². The predicted molar refractivity (Wildman–Crippen MR) is 73.3 cm³/mol. The van der Waals surface area contributed by atoms with Crippen LogP contribution in [0.4, 0.5) is 13.2 Å². The first-order valence-corrected chi connectivity index (χ1v) is 7.35. The monoisotopic (exact) mass is 321 g/mol. The van der Waals surface area contributed by atoms with E-state index in [0.717, 1.165) is 12.1 Å². The Balaban J connectivity index is 2.85. The highest BCUT2D eigenvalue weighted by molar-refractivity contribution is 7.98. The van der Waals surface area contributed by atoms with E-state index in [2.05, 4.69) is 5.32 Å². The van der Waals surface area contributed by atoms with Gasteiger partial charge in [-0.05, 0) is 36.6 Å². The summed E-state index contributed by atoms with van der Waals surface area (Å²) in [5.41, 5.74) is -1.17. The first kappa shape index (κ1) is 17.4. The number of hydrogen-bond donors (Lipinski definition) is 2. The zero-order valence-corrected chi connectivity index (χ0v) is 11.9. The summed E-state index contributed by atoms with van der Waals surface area (Å²) in [7, 11) is 0. The van der Waals surface area contributed by atoms with Gasteiger partial charge in [0.15, 0.2) is 0 Å². The summed E-state index contributed by atoms with van der Waals surface area (Å²) in [4.78, 5) is 22.8. The van der Waals surface area contributed by atoms with Crippen LogP contribution in [0, 0.1) is 0 Å². The van der Waals surface area contributed by atoms with Crippen LogP contribution < -0.4 is 5.32 Å². The third kappa shape index (κ3) is 5.30. The number of hydrogen-bond acceptors (Lipinski definition) is 3. The minimum absolute atomic E-state index is 0.196. The maximum atomic E-state index is 12.6. The second-order valence-corrected chi connectivity index (χ2v) is 5.21. The molecule has 0 aromatic heterocycles. The normalized spacial score (nSPS) is 12.8. The highest BCUT2D eigenvalue weighted by Crippen LogP contribution is 2.29. The number of aliphatic carboxylic acids is 1. The highest BCUT2D eigenvalue weighted by Gasteiger charge is 2.31. The molecule has 1 aromatic carbocycles. The van der Waals surface area contributed by atoms with Crippen molar-refractivity contribution in [2.45, 2.75) is 18.6 Å². The molecule has 0 aliphatic rings. The maximum absolute atomic E-state index is 12.6. The summed E-state index contributed by atoms with van der Waals surface area (Å²) in [6, 6.07) is 2.73. The van der Waals surface area contributed by atoms with Gasteiger partial charge in [0.2, 0.25) is 0 Å². The van der Waals surface area contributed by atoms with Crippen molar-refractivity contribution in [3.8, 4) is 0 Å². The molecule has 1 rings (SSSR count). The standard InChI is InChI=1S/C13H14F3NO3S/c1-21-6-5-10(12(19)20)17-11(18)8-3-2-4-9(7-8)13(14,15)16/h2-4,7,10H,5-6H2,1H3,(H,17,18)(H,19,20). The number of benzene rings is 1. The summed E-state index contributed by atoms with van der Waals surface area (Å²) >= 11 is 1.41. The highest BCUT2D eigenvalue weighted by atomic mass is 32.2. The molecule has 1 unspecified atom stereocenters. The molecule has 0 aliphatic heterocycles. The van der Waals surface area contributed by atoms with Crippen molar-refractivity contribution >= 4 is 23.6 Å². The topological polar surface area (TPSA) is 66.4 Å². The van der Waals surface area contributed by atoms with E-state index in [0.29, 0.717) is 11.8 Å². The number of nitrogens with one attached hydrogen (secondary N) is 1. The van der Waals surface area contributed by atoms with Crippen LogP contribution in [0.15, 0.2) is 24.3 Å². The fraction of sp³-hybridized carbons (Fsp3) is 0.385. The van der Waals surface area contributed by atoms with Gasteiger partial charge in [0.05, 0.1) is 5.56 Å². The van der Waals surface area contributed by atoms with Gasteiger partial charge in [-0.2, -0.15) is 24.9 Å². The first-order chi connectivity index (χ1) is 9.75. The lowest BCUT2D eigenvalue weighted by molar-refractivity contribution is -0.139. The third-order valence-electron chi connectivity index (χ3n) is 2.67. The van der Waals surface area contributed by atoms with Gasteiger partial charge in [-0.25, -0.2) is 4.79 Å². The molecule has 2 N–H and O–H groups in total. The lowest BCUT2D eigenvalue weighted by Crippen LogP contribution is -2.41. The van der Waals surface area contributed by atoms with Crippen LogP contribution in [0.1, 0.15) is 22.3 Å². The van der Waals surface area contributed by atoms with Gasteiger partial charge in [0, 0.05) is 5.56 Å². The third-order valence-corrected chi connectivity index (χ3v) is 3.31. The Hall–Kier alpha value is -1.70. The number of carbonyl (C=O) groups excluding carboxylic acids is 1. The number of alkyl halides is 3. The lowest BCUT2D eigenvalue weighted by Gasteiger charge is -2.14. The smallest absolute Gasteiger partial charge is 0.416 e. The number of halogens is 3. The molecule has 1 atom stereocenters. The molecule has 1 amide bonds. The van der Waals surface area contributed by atoms with Gasteiger partial charge >= 0.3 is 12.1 Å². The summed E-state index contributed by atoms with van der Waals surface area (Å²) in [6.45, 7) is 0. The zero-order chi connectivity index (χ0) is 16.0. The quantitative estimate of drug-likeness (QED) is 0.845. The molecule has 0 saturated heterocycles. The van der Waals surface area contributed by atoms with Crippen molar-refractivity contribution in [1.29, 1.82) is 0 Å². The number of carbonyl (C=O) groups is 2. The van der Waals surface area contributed by atoms with Crippen molar-refractivity contribution in [3.63, 3.8) is 0 Å². The van der Waals surface area contributed by atoms with Gasteiger partial charge in [-0.15, -0.1) is 0 Å². The second-order valence-electron chi connectivity index (χ2n) is 4.22. The molecule has 0 spiro atoms. The Morgan fingerprint density at radius 2 is 2.05 bits per heavy atom. The van der Waals surface area contributed by atoms with Crippen LogP contribution in [0.25, 0.3) is 0 Å². The van der Waals surface area contributed by atoms with Gasteiger partial charge in [0.1, 0.15) is 6.04 Å². The largest absolute Gasteiger partial charge is 0.480 e. The summed E-state index contributed by atoms with van der Waals surface area (Å²) in [5, 5.41) is 11.2. The van der Waals surface area contributed by atoms with Crippen molar-refractivity contribution in [2.24, 2.45) is 0 Å². The minimum atomic E-state index is -4.55. The fourth-order valence-electron chi connectivity index (χ4n) is 1.57. The number of thioether (sulfide) groups is 1. The predicted octanol–water partition coefficient (Wildman–Crippen LogP) is 2.64. The van der Waals surface area contributed by atoms with Gasteiger partial charge in [-0.1, -0.05) is 6.07 Å². The van der Waals surface area contributed by atoms with Crippen LogP contribution in [-0.4, -0.2) is 35.0 Å². The SMILES string of the molecule is CSCCC(NC(=O)c1cccc(C(F)(F)F)c1)C(=O)O. The molecule has 0 bridgehead atoms. The van der Waals surface area contributed by atoms with Crippen LogP contribution >= 0.6 is 11.8 Å². The van der Waals surface area contributed by atoms with Crippen LogP contribution in [-0.2, 0) is 11.0 Å². The molecule has 116 valence electrons. The van der Waals surface area contributed by atoms with E-state index in [1.165, 1.54) is 17.8 Å². The molecule has 0 radical (unpaired) electrons. The van der Waals surface area contributed by atoms with Crippen molar-refractivity contribution in [3.05, 3.63) is 35.4 Å². The van der Waals surface area contributed by atoms with Crippen LogP contribution in [0.3, 0.4) is 0 Å². The number of rotatable bonds is 6. The van der Waals surface area contributed by atoms with Gasteiger partial charge in [0.25, 0.3) is 5.91 Å². The molecule has 21 heavy (non-hydrogen) atoms. The van der Waals surface area contributed by atoms with E-state index in [1.54, 1.807) is 6.26 Å². The Kier molecular flexibility index (Phi) is 6.07. The lowest BCUT2D eigenvalue weighted by atomic mass is 10.1. The van der Waals surface area contributed by atoms with Gasteiger partial charge in [-0.3, -0.25) is 4.79 Å². The summed E-state index contributed by atoms with van der Waals surface area (Å²) in [6.07, 6.45) is -2.57. The molecule has 8 heteroatoms. The average molecular weight is 321 g/mol. The van der Waals surface area contributed by atoms with Crippen LogP contribution in [0.5, 0.6) is 0 Å². The molecule has 4 nitrogen and oxygen atoms in total. The van der Waals surface area contributed by atoms with Crippen molar-refractivity contribution in [1.82, 2.24) is 5.32 Å². The fourth-order valence-corrected chi connectivity index (χ4v) is 2.04. The second kappa shape index (κ2) is 7.35. The molecular formula is C13H14F3NO3S. The van der Waals surface area contributed by atoms with Crippen LogP contribution in [0.2, 0.25) is 0 Å². The molecule has 0 saturated carbocycles. The Labute approximate surface area is 123 Å². The molecule has 0 fully saturated rings. The first-order valence-electron chi connectivity index (χ1n) is 5.95. The molecule has 0 heterocycles. The average Bonchev–Trinajstić information content (AvgIpc) is 2.42. The Morgan fingerprint density at radius 3 is 2.57 bits per heavy atom. The molecule has 0 aliphatic carbocycles. The van der Waals surface area contributed by atoms with E-state index in [9.17, 15) is 22.8 Å². The molecule has 1 aromatic rings. The molecular weight excluding hydrogens is 307 g/mol. The Morgan fingerprint density at radius 1 is 1.38 bits per heavy atom. The number of carboxylic acids is 1. The number of carboxylic acid groups (broad SMARTS) is 1. The van der Waals surface area contributed by atoms with E-state index in [-0.39, 0.29) is 12.0 Å². The Bertz CT molecular complexity index is 520. The van der Waals surface area contributed by atoms with Crippen molar-refractivity contribution in [2.75, 3.05) is 12.0 Å². The zero-order valence-electron chi connectivity index (χ0n) is 11.1. The van der Waals surface area contributed by atoms with E-state index < -0.39 is 29.7 Å². The summed E-state index contributed by atoms with van der Waals surface area (Å²) in [5.74, 6) is -1.54. The minimum Gasteiger partial charge on any atom is -0.480 e. The number of amides is 1. The van der Waals surface area contributed by atoms with E-state index >= 15 is 0 Å². The summed E-state index contributed by atoms with van der Waals surface area (Å²) < 4.78 is 37.7. The van der Waals surface area contributed by atoms with Gasteiger partial charge < -0.3 is 10.4 Å². The maximum Gasteiger partial charge on any atom is 0.416 e.